The lowest BCUT2D eigenvalue weighted by molar-refractivity contribution is 1.09. The molecule has 0 aliphatic carbocycles. The SMILES string of the molecule is N#Cc1cc(Cl)ccc1NCc1cn[nH]c1. The third-order valence-electron chi connectivity index (χ3n) is 2.14. The number of benzene rings is 1. The van der Waals surface area contributed by atoms with Gasteiger partial charge in [-0.1, -0.05) is 11.6 Å². The summed E-state index contributed by atoms with van der Waals surface area (Å²) in [6, 6.07) is 7.28. The highest BCUT2D eigenvalue weighted by Crippen LogP contribution is 2.20. The van der Waals surface area contributed by atoms with Crippen molar-refractivity contribution in [3.8, 4) is 6.07 Å². The van der Waals surface area contributed by atoms with Gasteiger partial charge in [-0.05, 0) is 18.2 Å². The second-order valence-electron chi connectivity index (χ2n) is 3.26. The highest BCUT2D eigenvalue weighted by molar-refractivity contribution is 6.30. The molecule has 0 saturated heterocycles. The van der Waals surface area contributed by atoms with Crippen molar-refractivity contribution in [2.75, 3.05) is 5.32 Å². The van der Waals surface area contributed by atoms with E-state index in [9.17, 15) is 0 Å². The van der Waals surface area contributed by atoms with Crippen LogP contribution >= 0.6 is 11.6 Å². The van der Waals surface area contributed by atoms with Crippen LogP contribution in [-0.4, -0.2) is 10.2 Å². The molecule has 0 saturated carbocycles. The first-order chi connectivity index (χ1) is 7.79. The Kier molecular flexibility index (Phi) is 3.08. The zero-order valence-corrected chi connectivity index (χ0v) is 9.12. The van der Waals surface area contributed by atoms with E-state index in [4.69, 9.17) is 16.9 Å². The third-order valence-corrected chi connectivity index (χ3v) is 2.37. The van der Waals surface area contributed by atoms with Gasteiger partial charge in [0.25, 0.3) is 0 Å². The Morgan fingerprint density at radius 2 is 2.38 bits per heavy atom. The van der Waals surface area contributed by atoms with Crippen molar-refractivity contribution >= 4 is 17.3 Å². The van der Waals surface area contributed by atoms with E-state index in [1.54, 1.807) is 30.6 Å². The summed E-state index contributed by atoms with van der Waals surface area (Å²) in [4.78, 5) is 0. The monoisotopic (exact) mass is 232 g/mol. The van der Waals surface area contributed by atoms with Crippen molar-refractivity contribution in [3.05, 3.63) is 46.7 Å². The first kappa shape index (κ1) is 10.5. The molecule has 2 rings (SSSR count). The van der Waals surface area contributed by atoms with Gasteiger partial charge in [0.2, 0.25) is 0 Å². The number of H-pyrrole nitrogens is 1. The van der Waals surface area contributed by atoms with Crippen LogP contribution in [0.2, 0.25) is 5.02 Å². The van der Waals surface area contributed by atoms with Crippen molar-refractivity contribution in [1.29, 1.82) is 5.26 Å². The molecule has 0 unspecified atom stereocenters. The average molecular weight is 233 g/mol. The molecule has 0 spiro atoms. The molecule has 0 atom stereocenters. The van der Waals surface area contributed by atoms with Crippen LogP contribution in [0.15, 0.2) is 30.6 Å². The smallest absolute Gasteiger partial charge is 0.101 e. The maximum atomic E-state index is 8.93. The highest BCUT2D eigenvalue weighted by atomic mass is 35.5. The second kappa shape index (κ2) is 4.69. The Balaban J connectivity index is 2.13. The molecule has 1 aromatic heterocycles. The summed E-state index contributed by atoms with van der Waals surface area (Å²) in [5.41, 5.74) is 2.34. The Hall–Kier alpha value is -1.99. The lowest BCUT2D eigenvalue weighted by Gasteiger charge is -2.06. The third kappa shape index (κ3) is 2.33. The molecule has 2 N–H and O–H groups in total. The fraction of sp³-hybridized carbons (Fsp3) is 0.0909. The van der Waals surface area contributed by atoms with E-state index in [1.165, 1.54) is 0 Å². The normalized spacial score (nSPS) is 9.75. The number of nitrogens with one attached hydrogen (secondary N) is 2. The van der Waals surface area contributed by atoms with E-state index in [1.807, 2.05) is 0 Å². The van der Waals surface area contributed by atoms with Gasteiger partial charge in [-0.2, -0.15) is 10.4 Å². The lowest BCUT2D eigenvalue weighted by Crippen LogP contribution is -2.00. The molecule has 4 nitrogen and oxygen atoms in total. The number of nitriles is 1. The van der Waals surface area contributed by atoms with Crippen LogP contribution in [0.1, 0.15) is 11.1 Å². The fourth-order valence-electron chi connectivity index (χ4n) is 1.33. The van der Waals surface area contributed by atoms with Crippen LogP contribution in [0, 0.1) is 11.3 Å². The molecule has 80 valence electrons. The molecule has 0 radical (unpaired) electrons. The van der Waals surface area contributed by atoms with E-state index in [2.05, 4.69) is 21.6 Å². The van der Waals surface area contributed by atoms with Gasteiger partial charge in [-0.15, -0.1) is 0 Å². The lowest BCUT2D eigenvalue weighted by atomic mass is 10.2. The summed E-state index contributed by atoms with van der Waals surface area (Å²) in [6.45, 7) is 0.618. The maximum Gasteiger partial charge on any atom is 0.101 e. The molecule has 1 aromatic carbocycles. The van der Waals surface area contributed by atoms with Crippen molar-refractivity contribution in [3.63, 3.8) is 0 Å². The van der Waals surface area contributed by atoms with Gasteiger partial charge < -0.3 is 5.32 Å². The number of nitrogens with zero attached hydrogens (tertiary/aromatic N) is 2. The zero-order valence-electron chi connectivity index (χ0n) is 8.37. The molecule has 0 amide bonds. The predicted molar refractivity (Wildman–Crippen MR) is 62.1 cm³/mol. The van der Waals surface area contributed by atoms with Crippen molar-refractivity contribution in [1.82, 2.24) is 10.2 Å². The summed E-state index contributed by atoms with van der Waals surface area (Å²) in [5.74, 6) is 0. The number of hydrogen-bond donors (Lipinski definition) is 2. The van der Waals surface area contributed by atoms with Crippen LogP contribution in [0.25, 0.3) is 0 Å². The molecule has 2 aromatic rings. The summed E-state index contributed by atoms with van der Waals surface area (Å²) in [7, 11) is 0. The predicted octanol–water partition coefficient (Wildman–Crippen LogP) is 2.55. The van der Waals surface area contributed by atoms with Crippen LogP contribution in [0.4, 0.5) is 5.69 Å². The topological polar surface area (TPSA) is 64.5 Å². The molecule has 0 aliphatic rings. The van der Waals surface area contributed by atoms with Crippen LogP contribution in [0.3, 0.4) is 0 Å². The highest BCUT2D eigenvalue weighted by Gasteiger charge is 2.02. The second-order valence-corrected chi connectivity index (χ2v) is 3.70. The first-order valence-corrected chi connectivity index (χ1v) is 5.08. The van der Waals surface area contributed by atoms with Gasteiger partial charge in [0.05, 0.1) is 17.4 Å². The fourth-order valence-corrected chi connectivity index (χ4v) is 1.51. The molecule has 5 heteroatoms. The molecule has 0 aliphatic heterocycles. The quantitative estimate of drug-likeness (QED) is 0.855. The first-order valence-electron chi connectivity index (χ1n) is 4.71. The van der Waals surface area contributed by atoms with Gasteiger partial charge in [-0.3, -0.25) is 5.10 Å². The molecular formula is C11H9ClN4. The van der Waals surface area contributed by atoms with Gasteiger partial charge in [0.1, 0.15) is 6.07 Å². The summed E-state index contributed by atoms with van der Waals surface area (Å²) < 4.78 is 0. The summed E-state index contributed by atoms with van der Waals surface area (Å²) in [6.07, 6.45) is 3.53. The van der Waals surface area contributed by atoms with Gasteiger partial charge >= 0.3 is 0 Å². The van der Waals surface area contributed by atoms with E-state index < -0.39 is 0 Å². The minimum Gasteiger partial charge on any atom is -0.380 e. The Morgan fingerprint density at radius 3 is 3.06 bits per heavy atom. The zero-order chi connectivity index (χ0) is 11.4. The largest absolute Gasteiger partial charge is 0.380 e. The Labute approximate surface area is 97.9 Å². The van der Waals surface area contributed by atoms with Crippen molar-refractivity contribution in [2.24, 2.45) is 0 Å². The number of anilines is 1. The van der Waals surface area contributed by atoms with Crippen molar-refractivity contribution < 1.29 is 0 Å². The number of aromatic amines is 1. The summed E-state index contributed by atoms with van der Waals surface area (Å²) >= 11 is 5.80. The van der Waals surface area contributed by atoms with Gasteiger partial charge in [0, 0.05) is 23.3 Å². The number of aromatic nitrogens is 2. The standard InChI is InChI=1S/C11H9ClN4/c12-10-1-2-11(9(3-10)4-13)14-5-8-6-15-16-7-8/h1-3,6-7,14H,5H2,(H,15,16). The van der Waals surface area contributed by atoms with Gasteiger partial charge in [-0.25, -0.2) is 0 Å². The van der Waals surface area contributed by atoms with Crippen LogP contribution in [-0.2, 0) is 6.54 Å². The maximum absolute atomic E-state index is 8.93. The van der Waals surface area contributed by atoms with E-state index in [0.717, 1.165) is 11.3 Å². The molecule has 1 heterocycles. The minimum atomic E-state index is 0.538. The van der Waals surface area contributed by atoms with E-state index >= 15 is 0 Å². The van der Waals surface area contributed by atoms with E-state index in [0.29, 0.717) is 17.1 Å². The average Bonchev–Trinajstić information content (AvgIpc) is 2.80. The number of halogens is 1. The Bertz CT molecular complexity index is 513. The number of hydrogen-bond acceptors (Lipinski definition) is 3. The van der Waals surface area contributed by atoms with E-state index in [-0.39, 0.29) is 0 Å². The summed E-state index contributed by atoms with van der Waals surface area (Å²) in [5, 5.41) is 19.2. The van der Waals surface area contributed by atoms with Crippen LogP contribution in [0.5, 0.6) is 0 Å². The van der Waals surface area contributed by atoms with Crippen molar-refractivity contribution in [2.45, 2.75) is 6.54 Å². The molecular weight excluding hydrogens is 224 g/mol. The molecule has 0 fully saturated rings. The number of rotatable bonds is 3. The molecule has 16 heavy (non-hydrogen) atoms. The Morgan fingerprint density at radius 1 is 1.50 bits per heavy atom. The minimum absolute atomic E-state index is 0.538. The van der Waals surface area contributed by atoms with Gasteiger partial charge in [0.15, 0.2) is 0 Å². The van der Waals surface area contributed by atoms with Crippen LogP contribution < -0.4 is 5.32 Å². The molecule has 0 bridgehead atoms.